The van der Waals surface area contributed by atoms with Crippen LogP contribution >= 0.6 is 0 Å². The first-order valence-corrected chi connectivity index (χ1v) is 9.98. The summed E-state index contributed by atoms with van der Waals surface area (Å²) in [5, 5.41) is 5.69. The van der Waals surface area contributed by atoms with Gasteiger partial charge in [0.2, 0.25) is 11.8 Å². The molecule has 0 radical (unpaired) electrons. The van der Waals surface area contributed by atoms with Gasteiger partial charge in [0.15, 0.2) is 0 Å². The van der Waals surface area contributed by atoms with Crippen LogP contribution in [0.15, 0.2) is 18.2 Å². The number of anilines is 1. The third kappa shape index (κ3) is 3.01. The zero-order chi connectivity index (χ0) is 20.1. The van der Waals surface area contributed by atoms with Crippen LogP contribution in [0.2, 0.25) is 0 Å². The maximum absolute atomic E-state index is 13.0. The average molecular weight is 398 g/mol. The van der Waals surface area contributed by atoms with Crippen molar-refractivity contribution in [1.29, 1.82) is 0 Å². The number of carbonyl (C=O) groups excluding carboxylic acids is 4. The summed E-state index contributed by atoms with van der Waals surface area (Å²) in [4.78, 5) is 52.6. The summed E-state index contributed by atoms with van der Waals surface area (Å²) in [6, 6.07) is 4.55. The minimum absolute atomic E-state index is 0.112. The van der Waals surface area contributed by atoms with Gasteiger partial charge in [0.1, 0.15) is 6.04 Å². The molecule has 0 spiro atoms. The Kier molecular flexibility index (Phi) is 4.36. The Morgan fingerprint density at radius 1 is 1.03 bits per heavy atom. The van der Waals surface area contributed by atoms with Crippen molar-refractivity contribution >= 4 is 29.3 Å². The molecule has 0 aromatic heterocycles. The Labute approximate surface area is 167 Å². The van der Waals surface area contributed by atoms with Crippen molar-refractivity contribution in [3.63, 3.8) is 0 Å². The summed E-state index contributed by atoms with van der Waals surface area (Å²) >= 11 is 0. The summed E-state index contributed by atoms with van der Waals surface area (Å²) in [6.45, 7) is 3.13. The monoisotopic (exact) mass is 398 g/mol. The molecule has 3 fully saturated rings. The number of piperidine rings is 2. The molecule has 9 heteroatoms. The van der Waals surface area contributed by atoms with Crippen molar-refractivity contribution in [2.45, 2.75) is 37.5 Å². The number of amides is 4. The number of rotatable bonds is 2. The summed E-state index contributed by atoms with van der Waals surface area (Å²) in [7, 11) is 0. The molecule has 4 heterocycles. The minimum Gasteiger partial charge on any atom is -0.375 e. The van der Waals surface area contributed by atoms with Crippen LogP contribution in [0.25, 0.3) is 0 Å². The highest BCUT2D eigenvalue weighted by Gasteiger charge is 2.45. The number of hydrogen-bond donors (Lipinski definition) is 2. The van der Waals surface area contributed by atoms with Crippen LogP contribution in [0.1, 0.15) is 40.0 Å². The maximum atomic E-state index is 13.0. The van der Waals surface area contributed by atoms with E-state index >= 15 is 0 Å². The summed E-state index contributed by atoms with van der Waals surface area (Å²) < 4.78 is 5.81. The molecule has 1 aromatic rings. The van der Waals surface area contributed by atoms with Gasteiger partial charge in [-0.15, -0.1) is 0 Å². The van der Waals surface area contributed by atoms with E-state index in [0.717, 1.165) is 43.2 Å². The van der Waals surface area contributed by atoms with Crippen LogP contribution in [0.4, 0.5) is 5.69 Å². The number of nitrogens with zero attached hydrogens (tertiary/aromatic N) is 2. The van der Waals surface area contributed by atoms with Crippen molar-refractivity contribution in [2.75, 3.05) is 31.1 Å². The topological polar surface area (TPSA) is 108 Å². The molecule has 29 heavy (non-hydrogen) atoms. The molecule has 1 aromatic carbocycles. The number of fused-ring (bicyclic) bond motifs is 2. The quantitative estimate of drug-likeness (QED) is 0.656. The predicted molar refractivity (Wildman–Crippen MR) is 101 cm³/mol. The van der Waals surface area contributed by atoms with E-state index in [-0.39, 0.29) is 30.9 Å². The Bertz CT molecular complexity index is 916. The lowest BCUT2D eigenvalue weighted by atomic mass is 9.99. The van der Waals surface area contributed by atoms with Crippen molar-refractivity contribution in [3.05, 3.63) is 29.3 Å². The van der Waals surface area contributed by atoms with Gasteiger partial charge in [0, 0.05) is 31.7 Å². The standard InChI is InChI=1S/C20H22N4O5/c25-17-4-3-15(18(26)22-17)24-19(27)12-2-1-11(9-13(12)20(24)28)23-7-5-16-14(10-23)21-6-8-29-16/h1-2,9,14-16,21H,3-8,10H2,(H,22,25,26)/t14-,15?,16+/m1/s1. The van der Waals surface area contributed by atoms with Gasteiger partial charge >= 0.3 is 0 Å². The third-order valence-corrected chi connectivity index (χ3v) is 6.18. The summed E-state index contributed by atoms with van der Waals surface area (Å²) in [6.07, 6.45) is 1.37. The van der Waals surface area contributed by atoms with Gasteiger partial charge in [-0.1, -0.05) is 0 Å². The van der Waals surface area contributed by atoms with Crippen molar-refractivity contribution in [1.82, 2.24) is 15.5 Å². The second-order valence-corrected chi connectivity index (χ2v) is 7.88. The molecule has 0 saturated carbocycles. The Morgan fingerprint density at radius 3 is 2.69 bits per heavy atom. The zero-order valence-electron chi connectivity index (χ0n) is 15.8. The third-order valence-electron chi connectivity index (χ3n) is 6.18. The molecule has 4 aliphatic rings. The molecule has 0 aliphatic carbocycles. The lowest BCUT2D eigenvalue weighted by molar-refractivity contribution is -0.136. The fourth-order valence-corrected chi connectivity index (χ4v) is 4.67. The van der Waals surface area contributed by atoms with Crippen molar-refractivity contribution in [3.8, 4) is 0 Å². The first-order valence-electron chi connectivity index (χ1n) is 9.98. The van der Waals surface area contributed by atoms with Gasteiger partial charge in [-0.25, -0.2) is 0 Å². The van der Waals surface area contributed by atoms with E-state index in [9.17, 15) is 19.2 Å². The minimum atomic E-state index is -0.942. The molecular formula is C20H22N4O5. The highest BCUT2D eigenvalue weighted by Crippen LogP contribution is 2.32. The first kappa shape index (κ1) is 18.3. The smallest absolute Gasteiger partial charge is 0.262 e. The van der Waals surface area contributed by atoms with Gasteiger partial charge in [-0.2, -0.15) is 0 Å². The molecule has 2 N–H and O–H groups in total. The van der Waals surface area contributed by atoms with E-state index in [1.54, 1.807) is 12.1 Å². The van der Waals surface area contributed by atoms with Crippen molar-refractivity contribution in [2.24, 2.45) is 0 Å². The van der Waals surface area contributed by atoms with Crippen LogP contribution < -0.4 is 15.5 Å². The SMILES string of the molecule is O=C1CCC(N2C(=O)c3ccc(N4CC[C@@H]5OCCN[C@@H]5C4)cc3C2=O)C(=O)N1. The summed E-state index contributed by atoms with van der Waals surface area (Å²) in [5.41, 5.74) is 1.49. The number of imide groups is 2. The lowest BCUT2D eigenvalue weighted by Gasteiger charge is -2.42. The van der Waals surface area contributed by atoms with Crippen LogP contribution in [0.3, 0.4) is 0 Å². The van der Waals surface area contributed by atoms with E-state index in [4.69, 9.17) is 4.74 Å². The van der Waals surface area contributed by atoms with Gasteiger partial charge in [-0.05, 0) is 31.0 Å². The van der Waals surface area contributed by atoms with Gasteiger partial charge in [0.25, 0.3) is 11.8 Å². The van der Waals surface area contributed by atoms with Gasteiger partial charge in [0.05, 0.1) is 29.9 Å². The number of hydrogen-bond acceptors (Lipinski definition) is 7. The molecule has 9 nitrogen and oxygen atoms in total. The molecule has 5 rings (SSSR count). The number of carbonyl (C=O) groups is 4. The molecule has 3 atom stereocenters. The van der Waals surface area contributed by atoms with Crippen LogP contribution in [-0.4, -0.2) is 73.0 Å². The van der Waals surface area contributed by atoms with E-state index in [0.29, 0.717) is 11.1 Å². The second-order valence-electron chi connectivity index (χ2n) is 7.88. The summed E-state index contributed by atoms with van der Waals surface area (Å²) in [5.74, 6) is -1.93. The van der Waals surface area contributed by atoms with E-state index in [2.05, 4.69) is 15.5 Å². The molecule has 1 unspecified atom stereocenters. The Hall–Kier alpha value is -2.78. The predicted octanol–water partition coefficient (Wildman–Crippen LogP) is -0.345. The highest BCUT2D eigenvalue weighted by molar-refractivity contribution is 6.23. The van der Waals surface area contributed by atoms with E-state index in [1.165, 1.54) is 0 Å². The highest BCUT2D eigenvalue weighted by atomic mass is 16.5. The zero-order valence-corrected chi connectivity index (χ0v) is 15.8. The van der Waals surface area contributed by atoms with Crippen LogP contribution in [-0.2, 0) is 14.3 Å². The normalized spacial score (nSPS) is 29.6. The van der Waals surface area contributed by atoms with E-state index in [1.807, 2.05) is 6.07 Å². The van der Waals surface area contributed by atoms with Gasteiger partial charge in [-0.3, -0.25) is 29.4 Å². The molecule has 0 bridgehead atoms. The molecule has 152 valence electrons. The number of nitrogens with one attached hydrogen (secondary N) is 2. The molecule has 4 amide bonds. The van der Waals surface area contributed by atoms with Crippen molar-refractivity contribution < 1.29 is 23.9 Å². The maximum Gasteiger partial charge on any atom is 0.262 e. The fourth-order valence-electron chi connectivity index (χ4n) is 4.67. The van der Waals surface area contributed by atoms with Gasteiger partial charge < -0.3 is 15.0 Å². The first-order chi connectivity index (χ1) is 14.0. The molecule has 4 aliphatic heterocycles. The Morgan fingerprint density at radius 2 is 1.86 bits per heavy atom. The van der Waals surface area contributed by atoms with E-state index < -0.39 is 23.8 Å². The number of benzene rings is 1. The van der Waals surface area contributed by atoms with Crippen LogP contribution in [0.5, 0.6) is 0 Å². The van der Waals surface area contributed by atoms with Crippen LogP contribution in [0, 0.1) is 0 Å². The number of morpholine rings is 1. The Balaban J connectivity index is 1.38. The fraction of sp³-hybridized carbons (Fsp3) is 0.500. The second kappa shape index (κ2) is 6.93. The molecular weight excluding hydrogens is 376 g/mol. The molecule has 3 saturated heterocycles. The lowest BCUT2D eigenvalue weighted by Crippen LogP contribution is -2.58. The average Bonchev–Trinajstić information content (AvgIpc) is 2.98. The largest absolute Gasteiger partial charge is 0.375 e. The number of ether oxygens (including phenoxy) is 1.